The molecule has 0 radical (unpaired) electrons. The highest BCUT2D eigenvalue weighted by Gasteiger charge is 2.18. The molecule has 21 heavy (non-hydrogen) atoms. The number of nitrogens with one attached hydrogen (secondary N) is 2. The van der Waals surface area contributed by atoms with Gasteiger partial charge in [-0.1, -0.05) is 30.3 Å². The van der Waals surface area contributed by atoms with E-state index in [9.17, 15) is 4.79 Å². The molecule has 5 heteroatoms. The molecule has 1 unspecified atom stereocenters. The SMILES string of the molecule is CC(Nc1cc2c(cc1N)OCC(=O)N2)c1ccccc1. The predicted molar refractivity (Wildman–Crippen MR) is 83.5 cm³/mol. The number of nitrogen functional groups attached to an aromatic ring is 1. The summed E-state index contributed by atoms with van der Waals surface area (Å²) in [5.41, 5.74) is 9.22. The number of carbonyl (C=O) groups is 1. The molecule has 0 fully saturated rings. The van der Waals surface area contributed by atoms with E-state index in [1.807, 2.05) is 18.2 Å². The number of carbonyl (C=O) groups excluding carboxylic acids is 1. The molecule has 3 rings (SSSR count). The van der Waals surface area contributed by atoms with Gasteiger partial charge in [0.05, 0.1) is 17.1 Å². The van der Waals surface area contributed by atoms with Gasteiger partial charge < -0.3 is 21.1 Å². The van der Waals surface area contributed by atoms with Crippen molar-refractivity contribution in [2.45, 2.75) is 13.0 Å². The van der Waals surface area contributed by atoms with Crippen molar-refractivity contribution < 1.29 is 9.53 Å². The van der Waals surface area contributed by atoms with Crippen LogP contribution in [0.1, 0.15) is 18.5 Å². The van der Waals surface area contributed by atoms with Crippen molar-refractivity contribution in [1.29, 1.82) is 0 Å². The second kappa shape index (κ2) is 5.36. The molecule has 0 saturated carbocycles. The summed E-state index contributed by atoms with van der Waals surface area (Å²) in [7, 11) is 0. The highest BCUT2D eigenvalue weighted by atomic mass is 16.5. The molecule has 0 spiro atoms. The molecule has 1 atom stereocenters. The zero-order valence-electron chi connectivity index (χ0n) is 11.7. The van der Waals surface area contributed by atoms with Crippen molar-refractivity contribution in [1.82, 2.24) is 0 Å². The fourth-order valence-electron chi connectivity index (χ4n) is 2.33. The van der Waals surface area contributed by atoms with Gasteiger partial charge >= 0.3 is 0 Å². The number of hydrogen-bond donors (Lipinski definition) is 3. The Morgan fingerprint density at radius 3 is 2.81 bits per heavy atom. The molecular weight excluding hydrogens is 266 g/mol. The molecular formula is C16H17N3O2. The molecule has 1 aliphatic rings. The van der Waals surface area contributed by atoms with E-state index in [2.05, 4.69) is 29.7 Å². The number of amides is 1. The number of hydrogen-bond acceptors (Lipinski definition) is 4. The molecule has 0 bridgehead atoms. The van der Waals surface area contributed by atoms with Gasteiger partial charge in [-0.2, -0.15) is 0 Å². The van der Waals surface area contributed by atoms with E-state index in [4.69, 9.17) is 10.5 Å². The fraction of sp³-hybridized carbons (Fsp3) is 0.188. The van der Waals surface area contributed by atoms with Crippen molar-refractivity contribution in [2.75, 3.05) is 23.0 Å². The average molecular weight is 283 g/mol. The van der Waals surface area contributed by atoms with Crippen LogP contribution in [-0.2, 0) is 4.79 Å². The third-order valence-electron chi connectivity index (χ3n) is 3.46. The predicted octanol–water partition coefficient (Wildman–Crippen LogP) is 2.77. The minimum absolute atomic E-state index is 0.0274. The number of fused-ring (bicyclic) bond motifs is 1. The van der Waals surface area contributed by atoms with Crippen LogP contribution in [0.2, 0.25) is 0 Å². The summed E-state index contributed by atoms with van der Waals surface area (Å²) in [4.78, 5) is 11.4. The highest BCUT2D eigenvalue weighted by molar-refractivity contribution is 5.97. The normalized spacial score (nSPS) is 14.6. The fourth-order valence-corrected chi connectivity index (χ4v) is 2.33. The van der Waals surface area contributed by atoms with Crippen LogP contribution >= 0.6 is 0 Å². The molecule has 5 nitrogen and oxygen atoms in total. The first-order valence-corrected chi connectivity index (χ1v) is 6.81. The molecule has 1 heterocycles. The summed E-state index contributed by atoms with van der Waals surface area (Å²) in [6.07, 6.45) is 0. The maximum atomic E-state index is 11.4. The second-order valence-electron chi connectivity index (χ2n) is 5.05. The third kappa shape index (κ3) is 2.76. The van der Waals surface area contributed by atoms with Gasteiger partial charge in [-0.15, -0.1) is 0 Å². The first-order chi connectivity index (χ1) is 10.1. The topological polar surface area (TPSA) is 76.4 Å². The lowest BCUT2D eigenvalue weighted by molar-refractivity contribution is -0.118. The van der Waals surface area contributed by atoms with Gasteiger partial charge in [-0.25, -0.2) is 0 Å². The lowest BCUT2D eigenvalue weighted by Crippen LogP contribution is -2.25. The van der Waals surface area contributed by atoms with Crippen molar-refractivity contribution in [3.63, 3.8) is 0 Å². The van der Waals surface area contributed by atoms with E-state index < -0.39 is 0 Å². The highest BCUT2D eigenvalue weighted by Crippen LogP contribution is 2.36. The molecule has 1 aliphatic heterocycles. The van der Waals surface area contributed by atoms with E-state index in [0.717, 1.165) is 11.3 Å². The van der Waals surface area contributed by atoms with Crippen LogP contribution in [0, 0.1) is 0 Å². The number of benzene rings is 2. The number of rotatable bonds is 3. The van der Waals surface area contributed by atoms with Crippen molar-refractivity contribution in [3.05, 3.63) is 48.0 Å². The molecule has 1 amide bonds. The summed E-state index contributed by atoms with van der Waals surface area (Å²) >= 11 is 0. The van der Waals surface area contributed by atoms with Gasteiger partial charge in [0, 0.05) is 12.1 Å². The zero-order chi connectivity index (χ0) is 14.8. The summed E-state index contributed by atoms with van der Waals surface area (Å²) < 4.78 is 5.34. The standard InChI is InChI=1S/C16H17N3O2/c1-10(11-5-3-2-4-6-11)18-13-8-14-15(7-12(13)17)21-9-16(20)19-14/h2-8,10,18H,9,17H2,1H3,(H,19,20). The van der Waals surface area contributed by atoms with Crippen LogP contribution in [0.4, 0.5) is 17.1 Å². The Balaban J connectivity index is 1.86. The second-order valence-corrected chi connectivity index (χ2v) is 5.05. The van der Waals surface area contributed by atoms with E-state index in [-0.39, 0.29) is 18.6 Å². The smallest absolute Gasteiger partial charge is 0.262 e. The Labute approximate surface area is 123 Å². The Hall–Kier alpha value is -2.69. The molecule has 2 aromatic carbocycles. The molecule has 108 valence electrons. The minimum Gasteiger partial charge on any atom is -0.482 e. The quantitative estimate of drug-likeness (QED) is 0.757. The van der Waals surface area contributed by atoms with Crippen molar-refractivity contribution >= 4 is 23.0 Å². The number of nitrogens with two attached hydrogens (primary N) is 1. The first-order valence-electron chi connectivity index (χ1n) is 6.81. The summed E-state index contributed by atoms with van der Waals surface area (Å²) in [6, 6.07) is 13.7. The van der Waals surface area contributed by atoms with Crippen LogP contribution in [0.15, 0.2) is 42.5 Å². The third-order valence-corrected chi connectivity index (χ3v) is 3.46. The van der Waals surface area contributed by atoms with Crippen molar-refractivity contribution in [3.8, 4) is 5.75 Å². The molecule has 0 saturated heterocycles. The molecule has 2 aromatic rings. The summed E-state index contributed by atoms with van der Waals surface area (Å²) in [5.74, 6) is 0.444. The van der Waals surface area contributed by atoms with Crippen LogP contribution < -0.4 is 21.1 Å². The zero-order valence-corrected chi connectivity index (χ0v) is 11.7. The van der Waals surface area contributed by atoms with Gasteiger partial charge in [-0.05, 0) is 18.6 Å². The Morgan fingerprint density at radius 1 is 1.29 bits per heavy atom. The lowest BCUT2D eigenvalue weighted by atomic mass is 10.1. The van der Waals surface area contributed by atoms with Crippen LogP contribution in [-0.4, -0.2) is 12.5 Å². The van der Waals surface area contributed by atoms with Crippen LogP contribution in [0.3, 0.4) is 0 Å². The van der Waals surface area contributed by atoms with Crippen molar-refractivity contribution in [2.24, 2.45) is 0 Å². The summed E-state index contributed by atoms with van der Waals surface area (Å²) in [6.45, 7) is 2.09. The molecule has 4 N–H and O–H groups in total. The van der Waals surface area contributed by atoms with E-state index in [0.29, 0.717) is 17.1 Å². The van der Waals surface area contributed by atoms with Gasteiger partial charge in [0.15, 0.2) is 6.61 Å². The Bertz CT molecular complexity index is 671. The monoisotopic (exact) mass is 283 g/mol. The maximum absolute atomic E-state index is 11.4. The molecule has 0 aromatic heterocycles. The Kier molecular flexibility index (Phi) is 3.39. The first kappa shape index (κ1) is 13.3. The number of ether oxygens (including phenoxy) is 1. The number of anilines is 3. The summed E-state index contributed by atoms with van der Waals surface area (Å²) in [5, 5.41) is 6.14. The largest absolute Gasteiger partial charge is 0.482 e. The van der Waals surface area contributed by atoms with E-state index in [1.165, 1.54) is 0 Å². The van der Waals surface area contributed by atoms with Crippen LogP contribution in [0.5, 0.6) is 5.75 Å². The van der Waals surface area contributed by atoms with Gasteiger partial charge in [0.1, 0.15) is 5.75 Å². The average Bonchev–Trinajstić information content (AvgIpc) is 2.49. The lowest BCUT2D eigenvalue weighted by Gasteiger charge is -2.22. The molecule has 0 aliphatic carbocycles. The van der Waals surface area contributed by atoms with E-state index in [1.54, 1.807) is 12.1 Å². The van der Waals surface area contributed by atoms with Gasteiger partial charge in [0.25, 0.3) is 5.91 Å². The van der Waals surface area contributed by atoms with E-state index >= 15 is 0 Å². The minimum atomic E-state index is -0.158. The van der Waals surface area contributed by atoms with Crippen LogP contribution in [0.25, 0.3) is 0 Å². The Morgan fingerprint density at radius 2 is 2.05 bits per heavy atom. The van der Waals surface area contributed by atoms with Gasteiger partial charge in [0.2, 0.25) is 0 Å². The maximum Gasteiger partial charge on any atom is 0.262 e. The van der Waals surface area contributed by atoms with Gasteiger partial charge in [-0.3, -0.25) is 4.79 Å².